The van der Waals surface area contributed by atoms with E-state index in [9.17, 15) is 9.00 Å². The molecular formula is C27H37N5O3S. The van der Waals surface area contributed by atoms with Crippen LogP contribution in [0.1, 0.15) is 66.8 Å². The maximum atomic E-state index is 12.7. The topological polar surface area (TPSA) is 86.3 Å². The maximum absolute atomic E-state index is 12.7. The normalized spacial score (nSPS) is 27.9. The molecule has 1 amide bonds. The van der Waals surface area contributed by atoms with Crippen molar-refractivity contribution in [2.75, 3.05) is 39.1 Å². The van der Waals surface area contributed by atoms with Gasteiger partial charge in [0, 0.05) is 68.9 Å². The van der Waals surface area contributed by atoms with Crippen LogP contribution in [0.2, 0.25) is 0 Å². The summed E-state index contributed by atoms with van der Waals surface area (Å²) < 4.78 is 18.2. The third kappa shape index (κ3) is 4.97. The highest BCUT2D eigenvalue weighted by molar-refractivity contribution is 7.90. The molecule has 2 N–H and O–H groups in total. The van der Waals surface area contributed by atoms with Crippen molar-refractivity contribution in [3.8, 4) is 0 Å². The number of nitrogens with zero attached hydrogens (tertiary/aromatic N) is 3. The van der Waals surface area contributed by atoms with Crippen LogP contribution in [0.25, 0.3) is 0 Å². The number of amidine groups is 1. The summed E-state index contributed by atoms with van der Waals surface area (Å²) in [6, 6.07) is 9.04. The van der Waals surface area contributed by atoms with Gasteiger partial charge in [-0.2, -0.15) is 0 Å². The first-order valence-electron chi connectivity index (χ1n) is 13.5. The van der Waals surface area contributed by atoms with Gasteiger partial charge in [-0.1, -0.05) is 12.1 Å². The summed E-state index contributed by atoms with van der Waals surface area (Å²) in [4.78, 5) is 22.9. The molecule has 0 aromatic heterocycles. The number of likely N-dealkylation sites (tertiary alicyclic amines) is 1. The third-order valence-electron chi connectivity index (χ3n) is 8.29. The molecule has 4 aliphatic heterocycles. The fourth-order valence-corrected chi connectivity index (χ4v) is 7.18. The zero-order valence-corrected chi connectivity index (χ0v) is 21.9. The highest BCUT2D eigenvalue weighted by Gasteiger charge is 2.36. The lowest BCUT2D eigenvalue weighted by Crippen LogP contribution is -2.52. The molecule has 2 atom stereocenters. The molecule has 1 aromatic carbocycles. The Bertz CT molecular complexity index is 1070. The van der Waals surface area contributed by atoms with Crippen molar-refractivity contribution in [3.05, 3.63) is 46.0 Å². The van der Waals surface area contributed by atoms with Gasteiger partial charge in [0.25, 0.3) is 5.91 Å². The Morgan fingerprint density at radius 1 is 1.11 bits per heavy atom. The monoisotopic (exact) mass is 511 g/mol. The Balaban J connectivity index is 1.09. The molecule has 194 valence electrons. The highest BCUT2D eigenvalue weighted by atomic mass is 32.2. The van der Waals surface area contributed by atoms with Crippen LogP contribution >= 0.6 is 0 Å². The van der Waals surface area contributed by atoms with Gasteiger partial charge in [-0.15, -0.1) is 0 Å². The summed E-state index contributed by atoms with van der Waals surface area (Å²) in [5.41, 5.74) is 3.20. The largest absolute Gasteiger partial charge is 0.381 e. The zero-order valence-electron chi connectivity index (χ0n) is 21.1. The number of rotatable bonds is 5. The summed E-state index contributed by atoms with van der Waals surface area (Å²) in [6.07, 6.45) is 7.00. The zero-order chi connectivity index (χ0) is 24.6. The summed E-state index contributed by atoms with van der Waals surface area (Å²) >= 11 is 0. The number of piperidine rings is 1. The van der Waals surface area contributed by atoms with E-state index in [0.717, 1.165) is 93.3 Å². The summed E-state index contributed by atoms with van der Waals surface area (Å²) in [5.74, 6) is 2.13. The molecule has 3 fully saturated rings. The number of nitrogens with one attached hydrogen (secondary N) is 2. The van der Waals surface area contributed by atoms with E-state index in [1.54, 1.807) is 0 Å². The van der Waals surface area contributed by atoms with E-state index >= 15 is 0 Å². The van der Waals surface area contributed by atoms with E-state index in [2.05, 4.69) is 27.7 Å². The van der Waals surface area contributed by atoms with Gasteiger partial charge in [0.05, 0.1) is 15.7 Å². The van der Waals surface area contributed by atoms with Crippen molar-refractivity contribution < 1.29 is 13.7 Å². The first kappa shape index (κ1) is 24.1. The fourth-order valence-electron chi connectivity index (χ4n) is 5.82. The molecule has 1 aliphatic carbocycles. The Morgan fingerprint density at radius 2 is 1.83 bits per heavy atom. The SMILES string of the molecule is CN(C(=O)c1ccc(C2CCN(C3N=C(NC4CCOCC4)C4=C(CCS4=O)N3)CC2)cc1)C1CC1. The van der Waals surface area contributed by atoms with Gasteiger partial charge in [0.1, 0.15) is 5.84 Å². The molecule has 0 radical (unpaired) electrons. The van der Waals surface area contributed by atoms with Gasteiger partial charge in [-0.3, -0.25) is 13.9 Å². The van der Waals surface area contributed by atoms with Gasteiger partial charge in [0.15, 0.2) is 6.29 Å². The minimum Gasteiger partial charge on any atom is -0.381 e. The minimum atomic E-state index is -0.985. The van der Waals surface area contributed by atoms with Crippen LogP contribution in [-0.2, 0) is 15.5 Å². The van der Waals surface area contributed by atoms with Crippen molar-refractivity contribution in [2.45, 2.75) is 69.2 Å². The smallest absolute Gasteiger partial charge is 0.253 e. The first-order chi connectivity index (χ1) is 17.6. The van der Waals surface area contributed by atoms with E-state index < -0.39 is 10.8 Å². The van der Waals surface area contributed by atoms with E-state index in [1.807, 2.05) is 24.1 Å². The van der Waals surface area contributed by atoms with Crippen molar-refractivity contribution in [1.29, 1.82) is 0 Å². The number of carbonyl (C=O) groups is 1. The molecular weight excluding hydrogens is 474 g/mol. The van der Waals surface area contributed by atoms with E-state index in [4.69, 9.17) is 9.73 Å². The second-order valence-corrected chi connectivity index (χ2v) is 12.2. The number of aliphatic imine (C=N–C) groups is 1. The maximum Gasteiger partial charge on any atom is 0.253 e. The Kier molecular flexibility index (Phi) is 6.88. The molecule has 6 rings (SSSR count). The Hall–Kier alpha value is -2.23. The van der Waals surface area contributed by atoms with Gasteiger partial charge >= 0.3 is 0 Å². The number of ether oxygens (including phenoxy) is 1. The van der Waals surface area contributed by atoms with Crippen molar-refractivity contribution in [3.63, 3.8) is 0 Å². The molecule has 1 aromatic rings. The predicted octanol–water partition coefficient (Wildman–Crippen LogP) is 2.52. The molecule has 8 nitrogen and oxygen atoms in total. The molecule has 0 bridgehead atoms. The number of hydrogen-bond donors (Lipinski definition) is 2. The van der Waals surface area contributed by atoms with E-state index in [-0.39, 0.29) is 12.2 Å². The van der Waals surface area contributed by atoms with Gasteiger partial charge in [0.2, 0.25) is 0 Å². The highest BCUT2D eigenvalue weighted by Crippen LogP contribution is 2.32. The number of amides is 1. The van der Waals surface area contributed by atoms with Crippen LogP contribution in [0.5, 0.6) is 0 Å². The lowest BCUT2D eigenvalue weighted by atomic mass is 9.89. The molecule has 1 saturated carbocycles. The number of carbonyl (C=O) groups excluding carboxylic acids is 1. The Morgan fingerprint density at radius 3 is 2.53 bits per heavy atom. The lowest BCUT2D eigenvalue weighted by molar-refractivity contribution is 0.0784. The van der Waals surface area contributed by atoms with E-state index in [1.165, 1.54) is 5.56 Å². The average molecular weight is 512 g/mol. The Labute approximate surface area is 216 Å². The van der Waals surface area contributed by atoms with Crippen LogP contribution in [-0.4, -0.2) is 83.2 Å². The second kappa shape index (κ2) is 10.3. The molecule has 0 spiro atoms. The fraction of sp³-hybridized carbons (Fsp3) is 0.630. The third-order valence-corrected chi connectivity index (χ3v) is 9.76. The standard InChI is InChI=1S/C27H37N5O3S/c1-31(22-6-7-22)26(33)20-4-2-18(3-5-20)19-8-13-32(14-9-19)27-29-23-12-17-36(34)24(23)25(30-27)28-21-10-15-35-16-11-21/h2-5,19,21-22,27,29H,6-17H2,1H3,(H,28,30). The molecule has 9 heteroatoms. The summed E-state index contributed by atoms with van der Waals surface area (Å²) in [6.45, 7) is 3.43. The van der Waals surface area contributed by atoms with Crippen LogP contribution in [0.3, 0.4) is 0 Å². The quantitative estimate of drug-likeness (QED) is 0.632. The van der Waals surface area contributed by atoms with Crippen molar-refractivity contribution in [2.24, 2.45) is 4.99 Å². The van der Waals surface area contributed by atoms with E-state index in [0.29, 0.717) is 23.8 Å². The molecule has 2 saturated heterocycles. The summed E-state index contributed by atoms with van der Waals surface area (Å²) in [7, 11) is 0.930. The molecule has 5 aliphatic rings. The van der Waals surface area contributed by atoms with Gasteiger partial charge < -0.3 is 20.3 Å². The predicted molar refractivity (Wildman–Crippen MR) is 141 cm³/mol. The van der Waals surface area contributed by atoms with Crippen LogP contribution in [0.15, 0.2) is 39.9 Å². The molecule has 4 heterocycles. The molecule has 2 unspecified atom stereocenters. The first-order valence-corrected chi connectivity index (χ1v) is 14.8. The van der Waals surface area contributed by atoms with Crippen LogP contribution in [0.4, 0.5) is 0 Å². The van der Waals surface area contributed by atoms with Gasteiger partial charge in [-0.05, 0) is 62.1 Å². The minimum absolute atomic E-state index is 0.111. The van der Waals surface area contributed by atoms with Crippen LogP contribution < -0.4 is 10.6 Å². The van der Waals surface area contributed by atoms with Crippen molar-refractivity contribution in [1.82, 2.24) is 20.4 Å². The van der Waals surface area contributed by atoms with Crippen molar-refractivity contribution >= 4 is 22.5 Å². The average Bonchev–Trinajstić information content (AvgIpc) is 3.71. The number of hydrogen-bond acceptors (Lipinski definition) is 7. The number of benzene rings is 1. The van der Waals surface area contributed by atoms with Crippen LogP contribution in [0, 0.1) is 0 Å². The summed E-state index contributed by atoms with van der Waals surface area (Å²) in [5, 5.41) is 7.22. The molecule has 36 heavy (non-hydrogen) atoms. The second-order valence-electron chi connectivity index (χ2n) is 10.7. The lowest BCUT2D eigenvalue weighted by Gasteiger charge is -2.39. The van der Waals surface area contributed by atoms with Gasteiger partial charge in [-0.25, -0.2) is 4.99 Å². The number of allylic oxidation sites excluding steroid dienone is 1.